The molecule has 5 rings (SSSR count). The first-order chi connectivity index (χ1) is 34.7. The Kier molecular flexibility index (Phi) is 23.5. The third-order valence-corrected chi connectivity index (χ3v) is 15.9. The number of esters is 1. The fourth-order valence-corrected chi connectivity index (χ4v) is 11.6. The maximum absolute atomic E-state index is 14.6. The van der Waals surface area contributed by atoms with Crippen molar-refractivity contribution in [3.63, 3.8) is 0 Å². The summed E-state index contributed by atoms with van der Waals surface area (Å²) in [6, 6.07) is -1.23. The summed E-state index contributed by atoms with van der Waals surface area (Å²) in [6.07, 6.45) is 8.45. The molecule has 0 spiro atoms. The van der Waals surface area contributed by atoms with E-state index in [0.717, 1.165) is 5.57 Å². The summed E-state index contributed by atoms with van der Waals surface area (Å²) in [4.78, 5) is 72.8. The lowest BCUT2D eigenvalue weighted by Crippen LogP contribution is -2.65. The summed E-state index contributed by atoms with van der Waals surface area (Å²) in [5, 5.41) is 23.7. The van der Waals surface area contributed by atoms with Gasteiger partial charge in [-0.25, -0.2) is 4.79 Å². The van der Waals surface area contributed by atoms with E-state index in [0.29, 0.717) is 70.2 Å². The molecule has 73 heavy (non-hydrogen) atoms. The number of Topliss-reactive ketones (excluding diaryl/α,β-unsaturated/α-hetero) is 3. The van der Waals surface area contributed by atoms with Gasteiger partial charge in [0.25, 0.3) is 11.7 Å². The second-order valence-electron chi connectivity index (χ2n) is 21.1. The molecular weight excluding hydrogens is 953 g/mol. The SMILES string of the molecule is COCCOCCO[C@@H]1C[C@@H]2CC[C@@H](C)[C@@](O)(O2)C(=O)C(=O)N2CCC[C@@H]3C(C[C@@H]4CC[C@@H](OC(F)F)[C@H](OC)C4)[C@H](CC(=O)[C@H](C)/C=C(\C)[C@@H](O)[C@@H](OC)C(=O)[C@H](C)C[C@H](C)/C=C/C=C/C=C/1C)OC(=O)C32. The van der Waals surface area contributed by atoms with E-state index in [1.54, 1.807) is 40.9 Å². The van der Waals surface area contributed by atoms with Crippen LogP contribution in [0, 0.1) is 41.4 Å². The number of alkyl halides is 2. The molecule has 0 aromatic carbocycles. The number of carbonyl (C=O) groups excluding carboxylic acids is 5. The van der Waals surface area contributed by atoms with Crippen LogP contribution in [0.5, 0.6) is 0 Å². The van der Waals surface area contributed by atoms with E-state index in [1.807, 2.05) is 44.2 Å². The minimum absolute atomic E-state index is 0.0219. The van der Waals surface area contributed by atoms with Crippen LogP contribution in [0.15, 0.2) is 47.6 Å². The summed E-state index contributed by atoms with van der Waals surface area (Å²) in [6.45, 7) is 8.96. The number of carbonyl (C=O) groups is 5. The molecule has 3 saturated heterocycles. The van der Waals surface area contributed by atoms with E-state index in [4.69, 9.17) is 37.9 Å². The standard InChI is InChI=1S/C55H83F2NO15/c1-32-14-11-10-12-15-33(2)44(70-25-24-69-23-22-66-7)30-39-19-17-37(6)55(65,73-39)51(62)52(63)58-21-13-16-40-41(28-38-18-20-43(72-54(56)57)46(29-38)67-8)45(71-53(64)47(40)58)31-42(59)34(3)27-36(5)49(61)50(68-9)48(60)35(4)26-32/h10-12,14-15,27,32,34-35,37-41,43-47,49-50,54,61,65H,13,16-26,28-31H2,1-9H3/b12-10+,14-11+,33-15+,36-27+/t32-,34-,35-,37-,38+,39+,40-,41?,43-,44-,45+,46-,47?,49-,50+,55-/m1/s1. The van der Waals surface area contributed by atoms with Gasteiger partial charge in [-0.3, -0.25) is 19.2 Å². The molecule has 1 saturated carbocycles. The number of amides is 1. The van der Waals surface area contributed by atoms with Crippen LogP contribution >= 0.6 is 0 Å². The van der Waals surface area contributed by atoms with Crippen LogP contribution in [0.4, 0.5) is 8.78 Å². The number of piperidine rings is 1. The van der Waals surface area contributed by atoms with Gasteiger partial charge < -0.3 is 53.0 Å². The second-order valence-corrected chi connectivity index (χ2v) is 21.1. The van der Waals surface area contributed by atoms with Gasteiger partial charge in [0.05, 0.1) is 50.8 Å². The van der Waals surface area contributed by atoms with Crippen LogP contribution in [0.2, 0.25) is 0 Å². The highest BCUT2D eigenvalue weighted by Gasteiger charge is 2.57. The number of aliphatic hydroxyl groups is 2. The molecule has 2 unspecified atom stereocenters. The molecule has 4 bridgehead atoms. The molecule has 1 aliphatic carbocycles. The number of fused-ring (bicyclic) bond motifs is 4. The van der Waals surface area contributed by atoms with Crippen LogP contribution < -0.4 is 0 Å². The minimum Gasteiger partial charge on any atom is -0.460 e. The Balaban J connectivity index is 1.51. The van der Waals surface area contributed by atoms with E-state index >= 15 is 0 Å². The van der Waals surface area contributed by atoms with Crippen LogP contribution in [0.3, 0.4) is 0 Å². The topological polar surface area (TPSA) is 203 Å². The first-order valence-electron chi connectivity index (χ1n) is 26.3. The molecule has 4 heterocycles. The minimum atomic E-state index is -2.98. The number of ketones is 3. The van der Waals surface area contributed by atoms with Crippen LogP contribution in [-0.4, -0.2) is 160 Å². The van der Waals surface area contributed by atoms with Gasteiger partial charge in [0.15, 0.2) is 5.78 Å². The molecule has 16 nitrogen and oxygen atoms in total. The molecule has 4 fully saturated rings. The molecule has 1 amide bonds. The van der Waals surface area contributed by atoms with Crippen molar-refractivity contribution in [1.29, 1.82) is 0 Å². The van der Waals surface area contributed by atoms with Crippen molar-refractivity contribution in [3.05, 3.63) is 47.6 Å². The Labute approximate surface area is 430 Å². The molecule has 412 valence electrons. The quantitative estimate of drug-likeness (QED) is 0.0855. The molecule has 5 aliphatic rings. The predicted molar refractivity (Wildman–Crippen MR) is 265 cm³/mol. The first kappa shape index (κ1) is 60.3. The maximum Gasteiger partial charge on any atom is 0.345 e. The highest BCUT2D eigenvalue weighted by Crippen LogP contribution is 2.46. The van der Waals surface area contributed by atoms with Gasteiger partial charge >= 0.3 is 12.6 Å². The van der Waals surface area contributed by atoms with Gasteiger partial charge in [-0.1, -0.05) is 64.2 Å². The Bertz CT molecular complexity index is 1980. The van der Waals surface area contributed by atoms with Crippen molar-refractivity contribution in [2.45, 2.75) is 173 Å². The molecule has 0 aromatic heterocycles. The Hall–Kier alpha value is -3.59. The van der Waals surface area contributed by atoms with E-state index in [1.165, 1.54) is 19.1 Å². The van der Waals surface area contributed by atoms with Crippen LogP contribution in [-0.2, 0) is 61.9 Å². The zero-order valence-corrected chi connectivity index (χ0v) is 44.4. The second kappa shape index (κ2) is 28.5. The molecular formula is C55H83F2NO15. The average Bonchev–Trinajstić information content (AvgIpc) is 3.35. The van der Waals surface area contributed by atoms with Gasteiger partial charge in [0.2, 0.25) is 5.79 Å². The molecule has 2 N–H and O–H groups in total. The number of hydrogen-bond acceptors (Lipinski definition) is 15. The van der Waals surface area contributed by atoms with Crippen LogP contribution in [0.1, 0.15) is 112 Å². The number of hydrogen-bond donors (Lipinski definition) is 2. The summed E-state index contributed by atoms with van der Waals surface area (Å²) in [5.41, 5.74) is 1.17. The van der Waals surface area contributed by atoms with Crippen molar-refractivity contribution in [2.24, 2.45) is 41.4 Å². The summed E-state index contributed by atoms with van der Waals surface area (Å²) >= 11 is 0. The normalized spacial score (nSPS) is 39.4. The van der Waals surface area contributed by atoms with Crippen molar-refractivity contribution >= 4 is 29.2 Å². The Morgan fingerprint density at radius 2 is 1.59 bits per heavy atom. The van der Waals surface area contributed by atoms with Crippen molar-refractivity contribution < 1.29 is 80.9 Å². The first-order valence-corrected chi connectivity index (χ1v) is 26.3. The third-order valence-electron chi connectivity index (χ3n) is 15.9. The highest BCUT2D eigenvalue weighted by molar-refractivity contribution is 6.39. The summed E-state index contributed by atoms with van der Waals surface area (Å²) in [5.74, 6) is -9.50. The zero-order valence-electron chi connectivity index (χ0n) is 44.4. The lowest BCUT2D eigenvalue weighted by molar-refractivity contribution is -0.266. The Morgan fingerprint density at radius 1 is 0.849 bits per heavy atom. The van der Waals surface area contributed by atoms with E-state index < -0.39 is 108 Å². The third kappa shape index (κ3) is 16.0. The maximum atomic E-state index is 14.6. The fraction of sp³-hybridized carbons (Fsp3) is 0.764. The van der Waals surface area contributed by atoms with E-state index in [2.05, 4.69) is 0 Å². The summed E-state index contributed by atoms with van der Waals surface area (Å²) in [7, 11) is 4.38. The van der Waals surface area contributed by atoms with Gasteiger partial charge in [0, 0.05) is 64.4 Å². The smallest absolute Gasteiger partial charge is 0.345 e. The lowest BCUT2D eigenvalue weighted by atomic mass is 9.68. The lowest BCUT2D eigenvalue weighted by Gasteiger charge is -2.50. The molecule has 18 heteroatoms. The molecule has 0 radical (unpaired) electrons. The van der Waals surface area contributed by atoms with Gasteiger partial charge in [-0.05, 0) is 101 Å². The number of rotatable bonds is 13. The van der Waals surface area contributed by atoms with Crippen molar-refractivity contribution in [2.75, 3.05) is 54.3 Å². The van der Waals surface area contributed by atoms with E-state index in [9.17, 15) is 43.0 Å². The van der Waals surface area contributed by atoms with Gasteiger partial charge in [-0.2, -0.15) is 8.78 Å². The van der Waals surface area contributed by atoms with Crippen molar-refractivity contribution in [1.82, 2.24) is 4.90 Å². The Morgan fingerprint density at radius 3 is 2.29 bits per heavy atom. The van der Waals surface area contributed by atoms with Gasteiger partial charge in [0.1, 0.15) is 30.1 Å². The number of allylic oxidation sites excluding steroid dienone is 6. The molecule has 4 aliphatic heterocycles. The monoisotopic (exact) mass is 1040 g/mol. The predicted octanol–water partition coefficient (Wildman–Crippen LogP) is 6.68. The number of ether oxygens (including phenoxy) is 8. The average molecular weight is 1040 g/mol. The fourth-order valence-electron chi connectivity index (χ4n) is 11.6. The summed E-state index contributed by atoms with van der Waals surface area (Å²) < 4.78 is 72.4. The number of aliphatic hydroxyl groups excluding tert-OH is 1. The number of nitrogens with zero attached hydrogens (tertiary/aromatic N) is 1. The van der Waals surface area contributed by atoms with Crippen LogP contribution in [0.25, 0.3) is 0 Å². The van der Waals surface area contributed by atoms with Gasteiger partial charge in [-0.15, -0.1) is 0 Å². The molecule has 16 atom stereocenters. The van der Waals surface area contributed by atoms with E-state index in [-0.39, 0.29) is 62.4 Å². The zero-order chi connectivity index (χ0) is 53.6. The molecule has 0 aromatic rings. The largest absolute Gasteiger partial charge is 0.460 e. The number of methoxy groups -OCH3 is 3. The number of halogens is 2. The highest BCUT2D eigenvalue weighted by atomic mass is 19.3. The van der Waals surface area contributed by atoms with Crippen molar-refractivity contribution in [3.8, 4) is 0 Å².